The van der Waals surface area contributed by atoms with Crippen molar-refractivity contribution in [1.29, 1.82) is 0 Å². The molecule has 0 radical (unpaired) electrons. The van der Waals surface area contributed by atoms with Gasteiger partial charge >= 0.3 is 12.1 Å². The molecule has 0 saturated heterocycles. The number of amides is 2. The molecule has 2 atom stereocenters. The smallest absolute Gasteiger partial charge is 0.408 e. The van der Waals surface area contributed by atoms with Gasteiger partial charge in [-0.15, -0.1) is 0 Å². The van der Waals surface area contributed by atoms with Gasteiger partial charge in [0.25, 0.3) is 0 Å². The Hall–Kier alpha value is -4.17. The van der Waals surface area contributed by atoms with E-state index in [-0.39, 0.29) is 18.9 Å². The number of rotatable bonds is 9. The maximum Gasteiger partial charge on any atom is 0.408 e. The van der Waals surface area contributed by atoms with E-state index in [1.165, 1.54) is 0 Å². The predicted octanol–water partition coefficient (Wildman–Crippen LogP) is 3.22. The summed E-state index contributed by atoms with van der Waals surface area (Å²) in [7, 11) is 0. The summed E-state index contributed by atoms with van der Waals surface area (Å²) in [6.07, 6.45) is -0.960. The van der Waals surface area contributed by atoms with Crippen LogP contribution >= 0.6 is 0 Å². The van der Waals surface area contributed by atoms with Crippen molar-refractivity contribution in [2.24, 2.45) is 0 Å². The molecule has 0 spiro atoms. The Labute approximate surface area is 202 Å². The van der Waals surface area contributed by atoms with Gasteiger partial charge < -0.3 is 25.6 Å². The molecule has 1 aliphatic carbocycles. The Morgan fingerprint density at radius 3 is 1.97 bits per heavy atom. The van der Waals surface area contributed by atoms with E-state index in [1.807, 2.05) is 48.5 Å². The van der Waals surface area contributed by atoms with Gasteiger partial charge in [0.05, 0.1) is 0 Å². The van der Waals surface area contributed by atoms with Crippen molar-refractivity contribution in [2.45, 2.75) is 24.4 Å². The summed E-state index contributed by atoms with van der Waals surface area (Å²) < 4.78 is 5.56. The number of hydrogen-bond acceptors (Lipinski definition) is 5. The van der Waals surface area contributed by atoms with Crippen LogP contribution in [0.1, 0.15) is 35.1 Å². The van der Waals surface area contributed by atoms with Gasteiger partial charge in [0.15, 0.2) is 0 Å². The third-order valence-electron chi connectivity index (χ3n) is 6.03. The molecule has 8 nitrogen and oxygen atoms in total. The van der Waals surface area contributed by atoms with Crippen LogP contribution < -0.4 is 10.6 Å². The van der Waals surface area contributed by atoms with E-state index in [2.05, 4.69) is 10.6 Å². The molecule has 0 heterocycles. The molecular weight excluding hydrogens is 448 g/mol. The average molecular weight is 475 g/mol. The number of nitrogens with one attached hydrogen (secondary N) is 2. The van der Waals surface area contributed by atoms with Gasteiger partial charge in [-0.3, -0.25) is 4.79 Å². The van der Waals surface area contributed by atoms with E-state index >= 15 is 0 Å². The van der Waals surface area contributed by atoms with Crippen LogP contribution in [0, 0.1) is 0 Å². The summed E-state index contributed by atoms with van der Waals surface area (Å²) >= 11 is 0. The van der Waals surface area contributed by atoms with E-state index < -0.39 is 36.7 Å². The number of aliphatic hydroxyl groups is 1. The van der Waals surface area contributed by atoms with Crippen LogP contribution in [-0.2, 0) is 14.3 Å². The van der Waals surface area contributed by atoms with Gasteiger partial charge in [-0.25, -0.2) is 9.59 Å². The second-order valence-electron chi connectivity index (χ2n) is 8.23. The highest BCUT2D eigenvalue weighted by Gasteiger charge is 2.31. The molecule has 4 rings (SSSR count). The Morgan fingerprint density at radius 2 is 1.40 bits per heavy atom. The fraction of sp³-hybridized carbons (Fsp3) is 0.222. The lowest BCUT2D eigenvalue weighted by Crippen LogP contribution is -2.47. The van der Waals surface area contributed by atoms with Crippen LogP contribution in [0.5, 0.6) is 0 Å². The minimum atomic E-state index is -1.29. The van der Waals surface area contributed by atoms with Crippen LogP contribution in [0.2, 0.25) is 0 Å². The van der Waals surface area contributed by atoms with Crippen molar-refractivity contribution in [3.05, 3.63) is 95.6 Å². The number of carboxylic acids is 1. The average Bonchev–Trinajstić information content (AvgIpc) is 3.20. The molecule has 180 valence electrons. The van der Waals surface area contributed by atoms with Crippen LogP contribution in [0.3, 0.4) is 0 Å². The van der Waals surface area contributed by atoms with Crippen molar-refractivity contribution < 1.29 is 29.3 Å². The molecule has 2 amide bonds. The van der Waals surface area contributed by atoms with Crippen molar-refractivity contribution in [1.82, 2.24) is 10.6 Å². The lowest BCUT2D eigenvalue weighted by molar-refractivity contribution is -0.142. The number of hydrogen-bond donors (Lipinski definition) is 4. The standard InChI is InChI=1S/C27H26N2O6/c30-15-14-23(26(32)33)28-25(31)24(17-8-2-1-3-9-17)29-27(34)35-16-22-20-12-6-4-10-18(20)19-11-5-7-13-21(19)22/h1-13,22-24,30H,14-16H2,(H,28,31)(H,29,34)(H,32,33)/t23-,24+/m0/s1. The predicted molar refractivity (Wildman–Crippen MR) is 129 cm³/mol. The first-order chi connectivity index (χ1) is 17.0. The number of carbonyl (C=O) groups is 3. The number of ether oxygens (including phenoxy) is 1. The van der Waals surface area contributed by atoms with Gasteiger partial charge in [-0.2, -0.15) is 0 Å². The van der Waals surface area contributed by atoms with E-state index in [9.17, 15) is 19.5 Å². The number of carboxylic acid groups (broad SMARTS) is 1. The lowest BCUT2D eigenvalue weighted by Gasteiger charge is -2.22. The molecule has 0 saturated carbocycles. The van der Waals surface area contributed by atoms with E-state index in [4.69, 9.17) is 9.84 Å². The molecule has 8 heteroatoms. The highest BCUT2D eigenvalue weighted by Crippen LogP contribution is 2.44. The Bertz CT molecular complexity index is 1170. The zero-order valence-electron chi connectivity index (χ0n) is 18.9. The maximum atomic E-state index is 12.9. The first kappa shape index (κ1) is 24.0. The summed E-state index contributed by atoms with van der Waals surface area (Å²) in [5, 5.41) is 23.4. The SMILES string of the molecule is O=C(N[C@@H](C(=O)N[C@@H](CCO)C(=O)O)c1ccccc1)OCC1c2ccccc2-c2ccccc21. The number of carbonyl (C=O) groups excluding carboxylic acids is 2. The fourth-order valence-electron chi connectivity index (χ4n) is 4.35. The van der Waals surface area contributed by atoms with Crippen molar-refractivity contribution >= 4 is 18.0 Å². The second kappa shape index (κ2) is 10.8. The number of benzene rings is 3. The highest BCUT2D eigenvalue weighted by molar-refractivity contribution is 5.90. The van der Waals surface area contributed by atoms with Gasteiger partial charge in [0, 0.05) is 18.9 Å². The van der Waals surface area contributed by atoms with Crippen LogP contribution in [-0.4, -0.2) is 47.4 Å². The third-order valence-corrected chi connectivity index (χ3v) is 6.03. The Morgan fingerprint density at radius 1 is 0.829 bits per heavy atom. The molecule has 4 N–H and O–H groups in total. The fourth-order valence-corrected chi connectivity index (χ4v) is 4.35. The molecule has 0 bridgehead atoms. The van der Waals surface area contributed by atoms with E-state index in [0.717, 1.165) is 22.3 Å². The summed E-state index contributed by atoms with van der Waals surface area (Å²) in [4.78, 5) is 37.1. The summed E-state index contributed by atoms with van der Waals surface area (Å²) in [6.45, 7) is -0.335. The number of aliphatic hydroxyl groups excluding tert-OH is 1. The van der Waals surface area contributed by atoms with E-state index in [0.29, 0.717) is 5.56 Å². The number of fused-ring (bicyclic) bond motifs is 3. The van der Waals surface area contributed by atoms with Crippen LogP contribution in [0.4, 0.5) is 4.79 Å². The monoisotopic (exact) mass is 474 g/mol. The normalized spacial score (nSPS) is 13.7. The molecule has 0 fully saturated rings. The van der Waals surface area contributed by atoms with Gasteiger partial charge in [-0.1, -0.05) is 78.9 Å². The third kappa shape index (κ3) is 5.33. The molecule has 3 aromatic carbocycles. The first-order valence-corrected chi connectivity index (χ1v) is 11.3. The molecule has 0 unspecified atom stereocenters. The molecule has 0 aromatic heterocycles. The van der Waals surface area contributed by atoms with E-state index in [1.54, 1.807) is 30.3 Å². The highest BCUT2D eigenvalue weighted by atomic mass is 16.5. The summed E-state index contributed by atoms with van der Waals surface area (Å²) in [5.41, 5.74) is 4.79. The molecule has 1 aliphatic rings. The molecule has 35 heavy (non-hydrogen) atoms. The van der Waals surface area contributed by atoms with Crippen LogP contribution in [0.25, 0.3) is 11.1 Å². The second-order valence-corrected chi connectivity index (χ2v) is 8.23. The summed E-state index contributed by atoms with van der Waals surface area (Å²) in [5.74, 6) is -2.14. The van der Waals surface area contributed by atoms with Crippen molar-refractivity contribution in [3.8, 4) is 11.1 Å². The summed E-state index contributed by atoms with van der Waals surface area (Å²) in [6, 6.07) is 21.9. The lowest BCUT2D eigenvalue weighted by atomic mass is 9.98. The van der Waals surface area contributed by atoms with Gasteiger partial charge in [0.1, 0.15) is 18.7 Å². The van der Waals surface area contributed by atoms with Crippen molar-refractivity contribution in [3.63, 3.8) is 0 Å². The van der Waals surface area contributed by atoms with Gasteiger partial charge in [-0.05, 0) is 27.8 Å². The Kier molecular flexibility index (Phi) is 7.42. The first-order valence-electron chi connectivity index (χ1n) is 11.3. The van der Waals surface area contributed by atoms with Gasteiger partial charge in [0.2, 0.25) is 5.91 Å². The molecular formula is C27H26N2O6. The quantitative estimate of drug-likeness (QED) is 0.377. The zero-order valence-corrected chi connectivity index (χ0v) is 18.9. The number of aliphatic carboxylic acids is 1. The largest absolute Gasteiger partial charge is 0.480 e. The minimum absolute atomic E-state index is 0.0747. The van der Waals surface area contributed by atoms with Crippen LogP contribution in [0.15, 0.2) is 78.9 Å². The molecule has 0 aliphatic heterocycles. The zero-order chi connectivity index (χ0) is 24.8. The maximum absolute atomic E-state index is 12.9. The Balaban J connectivity index is 1.48. The topological polar surface area (TPSA) is 125 Å². The minimum Gasteiger partial charge on any atom is -0.480 e. The number of alkyl carbamates (subject to hydrolysis) is 1. The van der Waals surface area contributed by atoms with Crippen molar-refractivity contribution in [2.75, 3.05) is 13.2 Å². The molecule has 3 aromatic rings.